The highest BCUT2D eigenvalue weighted by Crippen LogP contribution is 2.29. The number of allylic oxidation sites excluding steroid dienone is 1. The van der Waals surface area contributed by atoms with Crippen LogP contribution in [0.2, 0.25) is 0 Å². The van der Waals surface area contributed by atoms with Crippen molar-refractivity contribution in [3.63, 3.8) is 0 Å². The van der Waals surface area contributed by atoms with Crippen molar-refractivity contribution in [1.82, 2.24) is 14.8 Å². The molecule has 158 valence electrons. The lowest BCUT2D eigenvalue weighted by molar-refractivity contribution is 0.210. The van der Waals surface area contributed by atoms with Crippen LogP contribution in [-0.2, 0) is 17.7 Å². The molecule has 0 radical (unpaired) electrons. The van der Waals surface area contributed by atoms with Crippen LogP contribution in [0.1, 0.15) is 56.3 Å². The quantitative estimate of drug-likeness (QED) is 0.307. The maximum Gasteiger partial charge on any atom is 0.191 e. The summed E-state index contributed by atoms with van der Waals surface area (Å²) in [5.41, 5.74) is 3.95. The first kappa shape index (κ1) is 22.2. The van der Waals surface area contributed by atoms with Crippen LogP contribution in [0.5, 0.6) is 5.75 Å². The third-order valence-corrected chi connectivity index (χ3v) is 5.94. The van der Waals surface area contributed by atoms with E-state index in [0.717, 1.165) is 22.5 Å². The molecule has 5 heteroatoms. The van der Waals surface area contributed by atoms with Gasteiger partial charge >= 0.3 is 0 Å². The third kappa shape index (κ3) is 5.54. The largest absolute Gasteiger partial charge is 0.483 e. The van der Waals surface area contributed by atoms with E-state index in [9.17, 15) is 0 Å². The summed E-state index contributed by atoms with van der Waals surface area (Å²) >= 11 is 1.68. The molecule has 0 saturated carbocycles. The molecule has 3 rings (SSSR count). The van der Waals surface area contributed by atoms with Gasteiger partial charge in [-0.25, -0.2) is 0 Å². The zero-order valence-electron chi connectivity index (χ0n) is 18.6. The van der Waals surface area contributed by atoms with Crippen molar-refractivity contribution in [3.05, 3.63) is 83.7 Å². The Bertz CT molecular complexity index is 986. The maximum absolute atomic E-state index is 6.18. The summed E-state index contributed by atoms with van der Waals surface area (Å²) in [4.78, 5) is 0. The summed E-state index contributed by atoms with van der Waals surface area (Å²) in [6, 6.07) is 16.8. The van der Waals surface area contributed by atoms with E-state index in [4.69, 9.17) is 4.74 Å². The molecule has 0 saturated heterocycles. The standard InChI is InChI=1S/C25H31N3OS/c1-7-15-28-23(19(3)29-22-13-11-21(12-14-22)25(4,5)6)26-27-24(28)30-17-20-10-8-9-18(2)16-20/h7-14,16,19H,1,15,17H2,2-6H3. The summed E-state index contributed by atoms with van der Waals surface area (Å²) in [7, 11) is 0. The summed E-state index contributed by atoms with van der Waals surface area (Å²) in [6.07, 6.45) is 1.65. The number of hydrogen-bond donors (Lipinski definition) is 0. The van der Waals surface area contributed by atoms with Gasteiger partial charge in [0, 0.05) is 12.3 Å². The predicted octanol–water partition coefficient (Wildman–Crippen LogP) is 6.50. The van der Waals surface area contributed by atoms with Gasteiger partial charge < -0.3 is 4.74 Å². The Labute approximate surface area is 184 Å². The molecule has 0 aliphatic rings. The smallest absolute Gasteiger partial charge is 0.191 e. The molecule has 0 amide bonds. The molecule has 2 aromatic carbocycles. The lowest BCUT2D eigenvalue weighted by Gasteiger charge is -2.20. The Morgan fingerprint density at radius 1 is 1.13 bits per heavy atom. The molecular formula is C25H31N3OS. The Morgan fingerprint density at radius 2 is 1.87 bits per heavy atom. The minimum absolute atomic E-state index is 0.123. The number of aryl methyl sites for hydroxylation is 1. The van der Waals surface area contributed by atoms with Crippen molar-refractivity contribution in [2.24, 2.45) is 0 Å². The molecule has 1 atom stereocenters. The zero-order valence-corrected chi connectivity index (χ0v) is 19.4. The van der Waals surface area contributed by atoms with E-state index in [0.29, 0.717) is 6.54 Å². The van der Waals surface area contributed by atoms with Gasteiger partial charge in [-0.15, -0.1) is 16.8 Å². The Kier molecular flexibility index (Phi) is 7.03. The molecule has 4 nitrogen and oxygen atoms in total. The Balaban J connectivity index is 1.73. The normalized spacial score (nSPS) is 12.6. The number of rotatable bonds is 8. The second kappa shape index (κ2) is 9.52. The predicted molar refractivity (Wildman–Crippen MR) is 125 cm³/mol. The van der Waals surface area contributed by atoms with Crippen LogP contribution in [0.3, 0.4) is 0 Å². The van der Waals surface area contributed by atoms with Gasteiger partial charge in [-0.3, -0.25) is 4.57 Å². The fourth-order valence-corrected chi connectivity index (χ4v) is 4.15. The molecule has 0 spiro atoms. The van der Waals surface area contributed by atoms with Gasteiger partial charge in [0.2, 0.25) is 0 Å². The number of benzene rings is 2. The molecule has 30 heavy (non-hydrogen) atoms. The molecule has 0 N–H and O–H groups in total. The first-order chi connectivity index (χ1) is 14.3. The average Bonchev–Trinajstić information content (AvgIpc) is 3.09. The summed E-state index contributed by atoms with van der Waals surface area (Å²) < 4.78 is 8.26. The molecular weight excluding hydrogens is 390 g/mol. The topological polar surface area (TPSA) is 39.9 Å². The van der Waals surface area contributed by atoms with E-state index in [2.05, 4.69) is 85.4 Å². The van der Waals surface area contributed by atoms with E-state index in [-0.39, 0.29) is 11.5 Å². The lowest BCUT2D eigenvalue weighted by Crippen LogP contribution is -2.13. The van der Waals surface area contributed by atoms with Crippen LogP contribution < -0.4 is 4.74 Å². The SMILES string of the molecule is C=CCn1c(SCc2cccc(C)c2)nnc1C(C)Oc1ccc(C(C)(C)C)cc1. The van der Waals surface area contributed by atoms with Crippen molar-refractivity contribution >= 4 is 11.8 Å². The summed E-state index contributed by atoms with van der Waals surface area (Å²) in [5, 5.41) is 9.75. The van der Waals surface area contributed by atoms with Crippen LogP contribution in [0.25, 0.3) is 0 Å². The van der Waals surface area contributed by atoms with Crippen molar-refractivity contribution in [3.8, 4) is 5.75 Å². The maximum atomic E-state index is 6.18. The minimum atomic E-state index is -0.216. The van der Waals surface area contributed by atoms with Gasteiger partial charge in [0.05, 0.1) is 0 Å². The minimum Gasteiger partial charge on any atom is -0.483 e. The van der Waals surface area contributed by atoms with E-state index in [1.165, 1.54) is 16.7 Å². The molecule has 0 aliphatic carbocycles. The van der Waals surface area contributed by atoms with Crippen LogP contribution in [0.4, 0.5) is 0 Å². The van der Waals surface area contributed by atoms with E-state index in [1.807, 2.05) is 25.1 Å². The lowest BCUT2D eigenvalue weighted by atomic mass is 9.87. The fraction of sp³-hybridized carbons (Fsp3) is 0.360. The number of hydrogen-bond acceptors (Lipinski definition) is 4. The molecule has 1 aromatic heterocycles. The summed E-state index contributed by atoms with van der Waals surface area (Å²) in [6.45, 7) is 15.3. The molecule has 3 aromatic rings. The molecule has 1 unspecified atom stereocenters. The van der Waals surface area contributed by atoms with Crippen LogP contribution in [0.15, 0.2) is 66.3 Å². The van der Waals surface area contributed by atoms with E-state index in [1.54, 1.807) is 11.8 Å². The number of ether oxygens (including phenoxy) is 1. The van der Waals surface area contributed by atoms with Crippen LogP contribution in [0, 0.1) is 6.92 Å². The van der Waals surface area contributed by atoms with Crippen molar-refractivity contribution in [2.45, 2.75) is 63.6 Å². The van der Waals surface area contributed by atoms with Gasteiger partial charge in [-0.1, -0.05) is 80.6 Å². The zero-order chi connectivity index (χ0) is 21.7. The first-order valence-corrected chi connectivity index (χ1v) is 11.3. The van der Waals surface area contributed by atoms with Gasteiger partial charge in [-0.05, 0) is 42.5 Å². The van der Waals surface area contributed by atoms with E-state index < -0.39 is 0 Å². The van der Waals surface area contributed by atoms with Crippen LogP contribution >= 0.6 is 11.8 Å². The van der Waals surface area contributed by atoms with Gasteiger partial charge in [0.25, 0.3) is 0 Å². The van der Waals surface area contributed by atoms with Crippen molar-refractivity contribution < 1.29 is 4.74 Å². The number of nitrogens with zero attached hydrogens (tertiary/aromatic N) is 3. The fourth-order valence-electron chi connectivity index (χ4n) is 3.25. The highest BCUT2D eigenvalue weighted by Gasteiger charge is 2.20. The van der Waals surface area contributed by atoms with Crippen LogP contribution in [-0.4, -0.2) is 14.8 Å². The average molecular weight is 422 g/mol. The van der Waals surface area contributed by atoms with Crippen molar-refractivity contribution in [1.29, 1.82) is 0 Å². The van der Waals surface area contributed by atoms with Crippen molar-refractivity contribution in [2.75, 3.05) is 0 Å². The summed E-state index contributed by atoms with van der Waals surface area (Å²) in [5.74, 6) is 2.49. The Morgan fingerprint density at radius 3 is 2.50 bits per heavy atom. The highest BCUT2D eigenvalue weighted by atomic mass is 32.2. The molecule has 0 fully saturated rings. The molecule has 0 aliphatic heterocycles. The van der Waals surface area contributed by atoms with E-state index >= 15 is 0 Å². The first-order valence-electron chi connectivity index (χ1n) is 10.3. The third-order valence-electron chi connectivity index (χ3n) is 4.90. The molecule has 0 bridgehead atoms. The monoisotopic (exact) mass is 421 g/mol. The number of thioether (sulfide) groups is 1. The number of aromatic nitrogens is 3. The van der Waals surface area contributed by atoms with Gasteiger partial charge in [-0.2, -0.15) is 0 Å². The van der Waals surface area contributed by atoms with Gasteiger partial charge in [0.15, 0.2) is 17.1 Å². The van der Waals surface area contributed by atoms with Gasteiger partial charge in [0.1, 0.15) is 5.75 Å². The Hall–Kier alpha value is -2.53. The molecule has 1 heterocycles. The second-order valence-electron chi connectivity index (χ2n) is 8.55. The second-order valence-corrected chi connectivity index (χ2v) is 9.49. The highest BCUT2D eigenvalue weighted by molar-refractivity contribution is 7.98.